The van der Waals surface area contributed by atoms with Crippen molar-refractivity contribution in [3.05, 3.63) is 149 Å². The average molecular weight is 1980 g/mol. The second kappa shape index (κ2) is 74.9. The number of unbranched alkanes of at least 4 members (excludes halogenated alkanes) is 12. The van der Waals surface area contributed by atoms with Gasteiger partial charge in [-0.1, -0.05) is 275 Å². The van der Waals surface area contributed by atoms with Gasteiger partial charge in [-0.05, 0) is 186 Å². The van der Waals surface area contributed by atoms with Crippen LogP contribution in [0.25, 0.3) is 10.8 Å². The quantitative estimate of drug-likeness (QED) is 0.00823. The number of carbonyl (C=O) groups excluding carboxylic acids is 6. The van der Waals surface area contributed by atoms with Crippen LogP contribution in [-0.2, 0) is 30.3 Å². The van der Waals surface area contributed by atoms with Crippen molar-refractivity contribution in [2.24, 2.45) is 29.1 Å². The average Bonchev–Trinajstić information content (AvgIpc) is 0.736. The first kappa shape index (κ1) is 132. The number of aliphatic hydroxyl groups excluding tert-OH is 6. The fourth-order valence-corrected chi connectivity index (χ4v) is 19.2. The van der Waals surface area contributed by atoms with Crippen LogP contribution in [0, 0.1) is 29.1 Å². The molecular weight excluding hydrogens is 1790 g/mol. The molecule has 0 heterocycles. The lowest BCUT2D eigenvalue weighted by Crippen LogP contribution is -2.56. The van der Waals surface area contributed by atoms with E-state index in [0.29, 0.717) is 96.4 Å². The summed E-state index contributed by atoms with van der Waals surface area (Å²) in [4.78, 5) is 76.8. The summed E-state index contributed by atoms with van der Waals surface area (Å²) in [5, 5.41) is 115. The van der Waals surface area contributed by atoms with Gasteiger partial charge in [-0.2, -0.15) is 8.78 Å². The van der Waals surface area contributed by atoms with Crippen LogP contribution in [-0.4, -0.2) is 284 Å². The van der Waals surface area contributed by atoms with Crippen molar-refractivity contribution in [2.75, 3.05) is 167 Å². The number of rotatable bonds is 54. The topological polar surface area (TPSA) is 386 Å². The fraction of sp³-hybridized carbons (Fsp3) is 0.690. The zero-order valence-corrected chi connectivity index (χ0v) is 89.1. The Balaban J connectivity index is 0.00000155. The summed E-state index contributed by atoms with van der Waals surface area (Å²) in [5.41, 5.74) is 0.808. The van der Waals surface area contributed by atoms with Gasteiger partial charge in [0.15, 0.2) is 11.9 Å². The van der Waals surface area contributed by atoms with Crippen molar-refractivity contribution in [1.29, 1.82) is 0 Å². The third-order valence-corrected chi connectivity index (χ3v) is 27.5. The summed E-state index contributed by atoms with van der Waals surface area (Å²) >= 11 is 0. The number of hydrogen-bond donors (Lipinski definition) is 7. The predicted octanol–water partition coefficient (Wildman–Crippen LogP) is 15.0. The van der Waals surface area contributed by atoms with Crippen LogP contribution in [0.2, 0.25) is 0 Å². The molecule has 4 bridgehead atoms. The number of esters is 1. The molecule has 0 aromatic heterocycles. The molecule has 5 aliphatic carbocycles. The molecular formula is C113H189F2N5O20. The number of carboxylic acids is 5. The summed E-state index contributed by atoms with van der Waals surface area (Å²) in [5.74, 6) is -11.7. The molecule has 1 unspecified atom stereocenters. The minimum Gasteiger partial charge on any atom is -0.872 e. The normalized spacial score (nSPS) is 16.1. The number of aliphatic hydroxyl groups is 6. The van der Waals surface area contributed by atoms with Gasteiger partial charge in [0.05, 0.1) is 150 Å². The molecule has 140 heavy (non-hydrogen) atoms. The van der Waals surface area contributed by atoms with Gasteiger partial charge in [0.2, 0.25) is 0 Å². The van der Waals surface area contributed by atoms with Gasteiger partial charge >= 0.3 is 17.9 Å². The number of halogens is 2. The number of nitrogens with zero attached hydrogens (tertiary/aromatic N) is 5. The van der Waals surface area contributed by atoms with Gasteiger partial charge < -0.3 is 108 Å². The zero-order chi connectivity index (χ0) is 106. The van der Waals surface area contributed by atoms with E-state index in [9.17, 15) is 67.9 Å². The Morgan fingerprint density at radius 3 is 1.08 bits per heavy atom. The number of quaternary nitrogens is 5. The number of likely N-dealkylation sites (N-methyl/N-ethyl adjacent to an activating group) is 2. The summed E-state index contributed by atoms with van der Waals surface area (Å²) in [7, 11) is 10.8. The third-order valence-electron chi connectivity index (χ3n) is 27.5. The Morgan fingerprint density at radius 1 is 0.421 bits per heavy atom. The van der Waals surface area contributed by atoms with Gasteiger partial charge in [0.1, 0.15) is 45.2 Å². The number of carboxylic acid groups (broad SMARTS) is 5. The van der Waals surface area contributed by atoms with E-state index >= 15 is 0 Å². The van der Waals surface area contributed by atoms with E-state index in [2.05, 4.69) is 83.5 Å². The molecule has 5 aromatic rings. The molecule has 0 amide bonds. The molecule has 800 valence electrons. The summed E-state index contributed by atoms with van der Waals surface area (Å²) in [6, 6.07) is 34.4. The maximum absolute atomic E-state index is 13.9. The second-order valence-corrected chi connectivity index (χ2v) is 40.9. The van der Waals surface area contributed by atoms with E-state index in [4.69, 9.17) is 40.5 Å². The maximum Gasteiger partial charge on any atom is 0.335 e. The number of aromatic carboxylic acids is 2. The third kappa shape index (κ3) is 54.7. The lowest BCUT2D eigenvalue weighted by molar-refractivity contribution is -0.929. The van der Waals surface area contributed by atoms with Crippen LogP contribution < -0.4 is 25.5 Å². The van der Waals surface area contributed by atoms with Crippen LogP contribution in [0.1, 0.15) is 330 Å². The van der Waals surface area contributed by atoms with Gasteiger partial charge in [0, 0.05) is 29.5 Å². The van der Waals surface area contributed by atoms with Crippen LogP contribution in [0.3, 0.4) is 0 Å². The van der Waals surface area contributed by atoms with E-state index < -0.39 is 64.9 Å². The second-order valence-electron chi connectivity index (χ2n) is 40.9. The molecule has 5 fully saturated rings. The number of fused-ring (bicyclic) bond motifs is 1. The van der Waals surface area contributed by atoms with Crippen molar-refractivity contribution in [3.63, 3.8) is 0 Å². The van der Waals surface area contributed by atoms with Gasteiger partial charge in [-0.3, -0.25) is 9.59 Å². The molecule has 0 saturated heterocycles. The standard InChI is InChI=1S/C17H24F2O4.2C16H36N.C14H10O3.C11H8O3.C9H20N.C8H8O2.C8H16O2.2C7H18NO3/c1-9(2)13(17(18,19)14(20)21)23-15(22)16-6-10-3-11(7-16)5-12(4-10)8-16;2*1-5-9-13-17(14-10-6-2,15-11-7-3)16-12-8-4;15-13(10-5-2-1-3-6-10)11-7-4-8-12(9-11)14(16)17;12-10-6-8-4-2-1-3-7(8)5-9(10)11(13)14;1-10(2,3)9-7-5-4-6-8-9;9-8(10)6-7-4-2-1-3-5-7;1-2-3-4-5-6-7-8(9)10;2*1-8(2-5-9,3-6-10)4-7-11/h9-13H,3-8H2,1-2H3,(H,20,21);2*5-16H2,1-4H3;1-9H,(H,16,17);1-6,12H,(H,13,14);9H,4-8H2,1-3H3;1-5H,6H2,(H,9,10);2-7H2,1H3,(H,9,10);2*9-11H,2-7H2,1H3/q;2*+1;;;+1;;;2*+1/p-5. The Morgan fingerprint density at radius 2 is 0.764 bits per heavy atom. The summed E-state index contributed by atoms with van der Waals surface area (Å²) in [6.45, 7) is 39.1. The van der Waals surface area contributed by atoms with Crippen molar-refractivity contribution in [1.82, 2.24) is 0 Å². The van der Waals surface area contributed by atoms with E-state index in [1.54, 1.807) is 72.8 Å². The van der Waals surface area contributed by atoms with Gasteiger partial charge in [-0.15, -0.1) is 0 Å². The van der Waals surface area contributed by atoms with Crippen LogP contribution >= 0.6 is 0 Å². The van der Waals surface area contributed by atoms with Crippen LogP contribution in [0.5, 0.6) is 5.75 Å². The van der Waals surface area contributed by atoms with E-state index in [0.717, 1.165) is 60.9 Å². The van der Waals surface area contributed by atoms with Crippen LogP contribution in [0.4, 0.5) is 8.78 Å². The molecule has 1 atom stereocenters. The molecule has 0 spiro atoms. The molecule has 0 radical (unpaired) electrons. The highest BCUT2D eigenvalue weighted by atomic mass is 19.3. The van der Waals surface area contributed by atoms with Crippen LogP contribution in [0.15, 0.2) is 121 Å². The highest BCUT2D eigenvalue weighted by Crippen LogP contribution is 2.61. The molecule has 25 nitrogen and oxygen atoms in total. The summed E-state index contributed by atoms with van der Waals surface area (Å²) < 4.78 is 37.9. The molecule has 0 aliphatic heterocycles. The van der Waals surface area contributed by atoms with E-state index in [1.807, 2.05) is 32.3 Å². The highest BCUT2D eigenvalue weighted by molar-refractivity contribution is 6.09. The lowest BCUT2D eigenvalue weighted by atomic mass is 9.49. The Kier molecular flexibility index (Phi) is 70.7. The minimum absolute atomic E-state index is 0.000833. The van der Waals surface area contributed by atoms with Crippen molar-refractivity contribution in [3.8, 4) is 5.75 Å². The number of aliphatic carboxylic acids is 3. The fourth-order valence-electron chi connectivity index (χ4n) is 19.2. The first-order valence-electron chi connectivity index (χ1n) is 52.9. The van der Waals surface area contributed by atoms with E-state index in [1.165, 1.54) is 258 Å². The Bertz CT molecular complexity index is 3890. The SMILES string of the molecule is CC(C)C(OC(=O)C12CC3CC(CC(C3)C1)C2)C(F)(F)C(=O)[O-].CCCCCCCC(=O)[O-].CCCC[N+](CCCC)(CCCC)CCCC.CCCC[N+](CCCC)(CCCC)CCCC.C[N+](C)(C)C1CCCCC1.C[N+](CCO)(CCO)CCO.C[N+](CCO)(CCO)CCO.O=C(O)c1cc2ccccc2cc1[O-].O=C([O-])Cc1ccccc1.O=C([O-])c1cccc(C(=O)c2ccccc2)c1. The Hall–Kier alpha value is -7.93. The number of carbonyl (C=O) groups is 7. The highest BCUT2D eigenvalue weighted by Gasteiger charge is 2.57. The molecule has 27 heteroatoms. The number of benzene rings is 5. The van der Waals surface area contributed by atoms with Crippen molar-refractivity contribution < 1.29 is 131 Å². The first-order chi connectivity index (χ1) is 66.5. The summed E-state index contributed by atoms with van der Waals surface area (Å²) in [6.07, 6.45) is 38.5. The van der Waals surface area contributed by atoms with Gasteiger partial charge in [0.25, 0.3) is 0 Å². The lowest BCUT2D eigenvalue weighted by Gasteiger charge is -2.55. The van der Waals surface area contributed by atoms with Crippen molar-refractivity contribution >= 4 is 52.4 Å². The van der Waals surface area contributed by atoms with Crippen molar-refractivity contribution in [2.45, 2.75) is 313 Å². The molecule has 5 aliphatic rings. The van der Waals surface area contributed by atoms with Gasteiger partial charge in [-0.25, -0.2) is 4.79 Å². The minimum atomic E-state index is -4.17. The number of hydrogen-bond acceptors (Lipinski definition) is 19. The number of ketones is 1. The largest absolute Gasteiger partial charge is 0.872 e. The smallest absolute Gasteiger partial charge is 0.335 e. The number of ether oxygens (including phenoxy) is 1. The number of alkyl halides is 2. The predicted molar refractivity (Wildman–Crippen MR) is 548 cm³/mol. The molecule has 10 rings (SSSR count). The monoisotopic (exact) mass is 1970 g/mol. The zero-order valence-electron chi connectivity index (χ0n) is 89.1. The molecule has 5 aromatic carbocycles. The van der Waals surface area contributed by atoms with E-state index in [-0.39, 0.29) is 69.4 Å². The Labute approximate surface area is 841 Å². The molecule has 7 N–H and O–H groups in total. The first-order valence-corrected chi connectivity index (χ1v) is 52.9. The maximum atomic E-state index is 13.9. The molecule has 5 saturated carbocycles.